The molecule has 7 nitrogen and oxygen atoms in total. The minimum Gasteiger partial charge on any atom is -0.484 e. The molecule has 240 valence electrons. The minimum atomic E-state index is -4.79. The van der Waals surface area contributed by atoms with Gasteiger partial charge >= 0.3 is 6.36 Å². The van der Waals surface area contributed by atoms with Crippen LogP contribution in [0.1, 0.15) is 58.1 Å². The molecule has 1 heterocycles. The Balaban J connectivity index is 1.38. The summed E-state index contributed by atoms with van der Waals surface area (Å²) in [5.41, 5.74) is 1.78. The average molecular weight is 651 g/mol. The monoisotopic (exact) mass is 650 g/mol. The van der Waals surface area contributed by atoms with Crippen molar-refractivity contribution in [2.45, 2.75) is 58.9 Å². The molecule has 13 heteroatoms. The molecule has 1 aliphatic carbocycles. The summed E-state index contributed by atoms with van der Waals surface area (Å²) in [6, 6.07) is 14.3. The number of hydrogen-bond acceptors (Lipinski definition) is 5. The lowest BCUT2D eigenvalue weighted by Gasteiger charge is -2.40. The van der Waals surface area contributed by atoms with Crippen molar-refractivity contribution in [2.24, 2.45) is 11.3 Å². The lowest BCUT2D eigenvalue weighted by Crippen LogP contribution is -2.29. The van der Waals surface area contributed by atoms with Crippen LogP contribution in [0.3, 0.4) is 0 Å². The summed E-state index contributed by atoms with van der Waals surface area (Å²) in [4.78, 5) is 17.4. The summed E-state index contributed by atoms with van der Waals surface area (Å²) < 4.78 is 75.9. The largest absolute Gasteiger partial charge is 0.573 e. The number of carbonyl (C=O) groups is 1. The second kappa shape index (κ2) is 12.7. The van der Waals surface area contributed by atoms with E-state index in [1.165, 1.54) is 36.4 Å². The third kappa shape index (κ3) is 8.16. The zero-order valence-corrected chi connectivity index (χ0v) is 25.5. The van der Waals surface area contributed by atoms with Crippen molar-refractivity contribution in [3.8, 4) is 11.5 Å². The normalized spacial score (nSPS) is 18.2. The number of benzene rings is 3. The Morgan fingerprint density at radius 2 is 1.78 bits per heavy atom. The van der Waals surface area contributed by atoms with E-state index in [-0.39, 0.29) is 33.5 Å². The molecule has 1 fully saturated rings. The van der Waals surface area contributed by atoms with E-state index in [4.69, 9.17) is 21.3 Å². The number of carbonyl (C=O) groups excluding carboxylic acids is 1. The van der Waals surface area contributed by atoms with E-state index in [1.54, 1.807) is 12.1 Å². The number of nitrogens with zero attached hydrogens (tertiary/aromatic N) is 2. The lowest BCUT2D eigenvalue weighted by atomic mass is 9.70. The Hall–Kier alpha value is -4.06. The fraction of sp³-hybridized carbons (Fsp3) is 0.375. The Morgan fingerprint density at radius 1 is 1.07 bits per heavy atom. The molecule has 1 saturated carbocycles. The molecule has 0 saturated heterocycles. The quantitative estimate of drug-likeness (QED) is 0.176. The van der Waals surface area contributed by atoms with Gasteiger partial charge in [0, 0.05) is 23.4 Å². The van der Waals surface area contributed by atoms with Gasteiger partial charge in [-0.2, -0.15) is 0 Å². The van der Waals surface area contributed by atoms with Gasteiger partial charge in [0.1, 0.15) is 11.5 Å². The fourth-order valence-electron chi connectivity index (χ4n) is 6.10. The van der Waals surface area contributed by atoms with Crippen molar-refractivity contribution >= 4 is 45.9 Å². The molecular weight excluding hydrogens is 619 g/mol. The van der Waals surface area contributed by atoms with Crippen molar-refractivity contribution < 1.29 is 36.2 Å². The van der Waals surface area contributed by atoms with Gasteiger partial charge in [-0.05, 0) is 79.1 Å². The molecule has 2 N–H and O–H groups in total. The summed E-state index contributed by atoms with van der Waals surface area (Å²) in [7, 11) is 0. The third-order valence-corrected chi connectivity index (χ3v) is 7.95. The predicted octanol–water partition coefficient (Wildman–Crippen LogP) is 9.67. The van der Waals surface area contributed by atoms with Gasteiger partial charge < -0.3 is 24.7 Å². The number of fused-ring (bicyclic) bond motifs is 1. The second-order valence-electron chi connectivity index (χ2n) is 12.1. The molecule has 1 amide bonds. The van der Waals surface area contributed by atoms with Crippen LogP contribution in [-0.4, -0.2) is 28.4 Å². The summed E-state index contributed by atoms with van der Waals surface area (Å²) in [6.07, 6.45) is -4.62. The van der Waals surface area contributed by atoms with Gasteiger partial charge in [0.15, 0.2) is 6.61 Å². The maximum absolute atomic E-state index is 13.1. The molecule has 0 unspecified atom stereocenters. The predicted molar refractivity (Wildman–Crippen MR) is 163 cm³/mol. The van der Waals surface area contributed by atoms with Crippen LogP contribution in [0.2, 0.25) is 5.02 Å². The fourth-order valence-corrected chi connectivity index (χ4v) is 6.26. The Morgan fingerprint density at radius 3 is 2.44 bits per heavy atom. The summed E-state index contributed by atoms with van der Waals surface area (Å²) in [5, 5.41) is 5.86. The first-order chi connectivity index (χ1) is 21.2. The second-order valence-corrected chi connectivity index (χ2v) is 12.5. The van der Waals surface area contributed by atoms with Crippen LogP contribution in [0.5, 0.6) is 11.5 Å². The highest BCUT2D eigenvalue weighted by molar-refractivity contribution is 6.33. The SMILES string of the molecule is C[C@H]1C[C@@H](n2c(Nc3ccc(OC(F)(F)F)cc3)nc3cc(OCC(=O)Nc4cc(C(F)F)ccc4Cl)ccc32)CC(C)(C)C1. The smallest absolute Gasteiger partial charge is 0.484 e. The molecule has 1 aliphatic rings. The van der Waals surface area contributed by atoms with Gasteiger partial charge in [0.05, 0.1) is 21.7 Å². The first kappa shape index (κ1) is 32.3. The van der Waals surface area contributed by atoms with E-state index in [0.717, 1.165) is 30.8 Å². The molecule has 0 spiro atoms. The van der Waals surface area contributed by atoms with Crippen molar-refractivity contribution in [1.29, 1.82) is 0 Å². The van der Waals surface area contributed by atoms with Crippen molar-refractivity contribution in [1.82, 2.24) is 9.55 Å². The Bertz CT molecular complexity index is 1670. The van der Waals surface area contributed by atoms with E-state index in [0.29, 0.717) is 28.8 Å². The number of ether oxygens (including phenoxy) is 2. The number of amides is 1. The summed E-state index contributed by atoms with van der Waals surface area (Å²) in [6.45, 7) is 6.27. The van der Waals surface area contributed by atoms with Gasteiger partial charge in [-0.15, -0.1) is 13.2 Å². The highest BCUT2D eigenvalue weighted by Crippen LogP contribution is 2.46. The molecule has 3 aromatic carbocycles. The van der Waals surface area contributed by atoms with Gasteiger partial charge in [-0.3, -0.25) is 4.79 Å². The number of halogens is 6. The molecule has 45 heavy (non-hydrogen) atoms. The van der Waals surface area contributed by atoms with Crippen molar-refractivity contribution in [2.75, 3.05) is 17.2 Å². The number of rotatable bonds is 9. The van der Waals surface area contributed by atoms with Crippen molar-refractivity contribution in [3.63, 3.8) is 0 Å². The van der Waals surface area contributed by atoms with Crippen molar-refractivity contribution in [3.05, 3.63) is 71.2 Å². The molecule has 0 aliphatic heterocycles. The van der Waals surface area contributed by atoms with E-state index in [2.05, 4.69) is 40.7 Å². The molecular formula is C32H32ClF5N4O3. The van der Waals surface area contributed by atoms with Crippen LogP contribution >= 0.6 is 11.6 Å². The number of nitrogens with one attached hydrogen (secondary N) is 2. The summed E-state index contributed by atoms with van der Waals surface area (Å²) in [5.74, 6) is 0.394. The third-order valence-electron chi connectivity index (χ3n) is 7.62. The zero-order chi connectivity index (χ0) is 32.5. The molecule has 5 rings (SSSR count). The van der Waals surface area contributed by atoms with E-state index >= 15 is 0 Å². The highest BCUT2D eigenvalue weighted by Gasteiger charge is 2.35. The average Bonchev–Trinajstić information content (AvgIpc) is 3.29. The van der Waals surface area contributed by atoms with Crippen LogP contribution in [0, 0.1) is 11.3 Å². The van der Waals surface area contributed by atoms with Gasteiger partial charge in [-0.25, -0.2) is 13.8 Å². The summed E-state index contributed by atoms with van der Waals surface area (Å²) >= 11 is 6.06. The Labute approximate surface area is 261 Å². The molecule has 2 atom stereocenters. The van der Waals surface area contributed by atoms with Crippen LogP contribution in [0.25, 0.3) is 11.0 Å². The zero-order valence-electron chi connectivity index (χ0n) is 24.7. The number of hydrogen-bond donors (Lipinski definition) is 2. The number of aromatic nitrogens is 2. The van der Waals surface area contributed by atoms with E-state index in [9.17, 15) is 26.7 Å². The van der Waals surface area contributed by atoms with Crippen LogP contribution < -0.4 is 20.1 Å². The standard InChI is InChI=1S/C32H32ClF5N4O3/c1-18-12-21(16-31(2,3)15-18)42-27-11-9-23(44-17-28(43)40-25-13-19(29(34)35)4-10-24(25)33)14-26(27)41-30(42)39-20-5-7-22(8-6-20)45-32(36,37)38/h4-11,13-14,18,21,29H,12,15-17H2,1-3H3,(H,39,41)(H,40,43)/t18-,21+/m0/s1. The number of anilines is 3. The molecule has 0 radical (unpaired) electrons. The molecule has 1 aromatic heterocycles. The van der Waals surface area contributed by atoms with Gasteiger partial charge in [0.2, 0.25) is 5.95 Å². The minimum absolute atomic E-state index is 0.0515. The molecule has 4 aromatic rings. The van der Waals surface area contributed by atoms with Crippen LogP contribution in [0.15, 0.2) is 60.7 Å². The topological polar surface area (TPSA) is 77.4 Å². The van der Waals surface area contributed by atoms with Crippen LogP contribution in [-0.2, 0) is 4.79 Å². The molecule has 0 bridgehead atoms. The Kier molecular flexibility index (Phi) is 9.16. The highest BCUT2D eigenvalue weighted by atomic mass is 35.5. The maximum Gasteiger partial charge on any atom is 0.573 e. The first-order valence-electron chi connectivity index (χ1n) is 14.3. The van der Waals surface area contributed by atoms with E-state index < -0.39 is 25.3 Å². The first-order valence-corrected chi connectivity index (χ1v) is 14.7. The van der Waals surface area contributed by atoms with Gasteiger partial charge in [0.25, 0.3) is 12.3 Å². The maximum atomic E-state index is 13.1. The lowest BCUT2D eigenvalue weighted by molar-refractivity contribution is -0.274. The van der Waals surface area contributed by atoms with E-state index in [1.807, 2.05) is 6.07 Å². The van der Waals surface area contributed by atoms with Gasteiger partial charge in [-0.1, -0.05) is 38.4 Å². The number of imidazole rings is 1. The van der Waals surface area contributed by atoms with Crippen LogP contribution in [0.4, 0.5) is 39.3 Å². The number of alkyl halides is 5.